The highest BCUT2D eigenvalue weighted by Crippen LogP contribution is 2.58. The molecular weight excluding hydrogens is 545 g/mol. The molecule has 3 nitrogen and oxygen atoms in total. The molecule has 6 rings (SSSR count). The zero-order valence-electron chi connectivity index (χ0n) is 24.5. The van der Waals surface area contributed by atoms with Gasteiger partial charge >= 0.3 is 0 Å². The molecule has 6 aromatic rings. The Hall–Kier alpha value is -4.85. The molecule has 0 aliphatic heterocycles. The average molecular weight is 581 g/mol. The molecule has 0 heterocycles. The van der Waals surface area contributed by atoms with Gasteiger partial charge in [-0.3, -0.25) is 0 Å². The summed E-state index contributed by atoms with van der Waals surface area (Å²) in [5.74, 6) is 1.66. The lowest BCUT2D eigenvalue weighted by Crippen LogP contribution is -2.32. The number of methoxy groups -OCH3 is 2. The molecule has 4 heteroatoms. The number of rotatable bonds is 10. The Labute approximate surface area is 255 Å². The molecule has 0 aromatic heterocycles. The first-order valence-electron chi connectivity index (χ1n) is 14.4. The minimum Gasteiger partial charge on any atom is -0.497 e. The van der Waals surface area contributed by atoms with Gasteiger partial charge in [0.2, 0.25) is 0 Å². The summed E-state index contributed by atoms with van der Waals surface area (Å²) in [7, 11) is 1.40. The Morgan fingerprint density at radius 3 is 1.07 bits per heavy atom. The predicted molar refractivity (Wildman–Crippen MR) is 183 cm³/mol. The van der Waals surface area contributed by atoms with E-state index in [1.54, 1.807) is 14.2 Å². The highest BCUT2D eigenvalue weighted by molar-refractivity contribution is 7.95. The van der Waals surface area contributed by atoms with Crippen molar-refractivity contribution in [3.05, 3.63) is 169 Å². The van der Waals surface area contributed by atoms with Crippen LogP contribution in [0.4, 0.5) is 17.1 Å². The second-order valence-corrected chi connectivity index (χ2v) is 13.9. The average Bonchev–Trinajstić information content (AvgIpc) is 3.10. The summed E-state index contributed by atoms with van der Waals surface area (Å²) < 4.78 is 10.9. The number of benzene rings is 6. The van der Waals surface area contributed by atoms with E-state index in [0.717, 1.165) is 34.7 Å². The van der Waals surface area contributed by atoms with Gasteiger partial charge in [-0.2, -0.15) is 0 Å². The zero-order chi connectivity index (χ0) is 29.5. The number of ether oxygens (including phenoxy) is 2. The predicted octanol–water partition coefficient (Wildman–Crippen LogP) is 8.67. The second kappa shape index (κ2) is 13.0. The normalized spacial score (nSPS) is 11.1. The lowest BCUT2D eigenvalue weighted by Gasteiger charge is -2.28. The molecule has 0 amide bonds. The lowest BCUT2D eigenvalue weighted by atomic mass is 10.1. The van der Waals surface area contributed by atoms with Crippen molar-refractivity contribution in [1.82, 2.24) is 0 Å². The minimum atomic E-state index is -1.99. The molecule has 0 saturated carbocycles. The molecule has 0 aliphatic carbocycles. The van der Waals surface area contributed by atoms with Gasteiger partial charge in [-0.15, -0.1) is 0 Å². The SMILES string of the molecule is COc1ccc(N(c2ccc(C[P+](c3ccccc3)(c3ccccc3)c3ccccc3)cc2)c2ccc(OC)cc2)cc1. The maximum Gasteiger partial charge on any atom is 0.119 e. The van der Waals surface area contributed by atoms with Crippen LogP contribution in [0.1, 0.15) is 5.56 Å². The summed E-state index contributed by atoms with van der Waals surface area (Å²) in [4.78, 5) is 2.26. The molecule has 0 atom stereocenters. The van der Waals surface area contributed by atoms with Crippen LogP contribution in [0.5, 0.6) is 11.5 Å². The summed E-state index contributed by atoms with van der Waals surface area (Å²) in [6, 6.07) is 58.6. The van der Waals surface area contributed by atoms with E-state index < -0.39 is 7.26 Å². The van der Waals surface area contributed by atoms with Crippen LogP contribution in [-0.2, 0) is 6.16 Å². The Bertz CT molecular complexity index is 1580. The lowest BCUT2D eigenvalue weighted by molar-refractivity contribution is 0.415. The van der Waals surface area contributed by atoms with Crippen LogP contribution in [0.2, 0.25) is 0 Å². The van der Waals surface area contributed by atoms with Crippen molar-refractivity contribution in [2.45, 2.75) is 6.16 Å². The van der Waals surface area contributed by atoms with Crippen LogP contribution in [0, 0.1) is 0 Å². The first kappa shape index (κ1) is 28.3. The summed E-state index contributed by atoms with van der Waals surface area (Å²) in [5.41, 5.74) is 4.50. The molecule has 0 aliphatic rings. The Balaban J connectivity index is 1.44. The van der Waals surface area contributed by atoms with Gasteiger partial charge in [-0.05, 0) is 103 Å². The van der Waals surface area contributed by atoms with Crippen LogP contribution >= 0.6 is 7.26 Å². The maximum atomic E-state index is 5.43. The standard InChI is InChI=1S/C39H35NO2P/c1-41-35-26-22-33(23-27-35)40(34-24-28-36(42-2)29-25-34)32-20-18-31(19-21-32)30-43(37-12-6-3-7-13-37,38-14-8-4-9-15-38)39-16-10-5-11-17-39/h3-29H,30H2,1-2H3/q+1. The van der Waals surface area contributed by atoms with Crippen LogP contribution in [0.25, 0.3) is 0 Å². The zero-order valence-corrected chi connectivity index (χ0v) is 25.4. The van der Waals surface area contributed by atoms with E-state index in [2.05, 4.69) is 144 Å². The number of hydrogen-bond donors (Lipinski definition) is 0. The molecular formula is C39H35NO2P+. The Morgan fingerprint density at radius 1 is 0.419 bits per heavy atom. The van der Waals surface area contributed by atoms with E-state index in [1.807, 2.05) is 24.3 Å². The molecule has 0 spiro atoms. The van der Waals surface area contributed by atoms with Crippen LogP contribution < -0.4 is 30.3 Å². The first-order chi connectivity index (χ1) is 21.2. The van der Waals surface area contributed by atoms with Gasteiger partial charge in [0.05, 0.1) is 20.4 Å². The van der Waals surface area contributed by atoms with Gasteiger partial charge in [0, 0.05) is 17.1 Å². The molecule has 0 radical (unpaired) electrons. The van der Waals surface area contributed by atoms with Gasteiger partial charge in [0.15, 0.2) is 0 Å². The highest BCUT2D eigenvalue weighted by atomic mass is 31.2. The fourth-order valence-electron chi connectivity index (χ4n) is 5.70. The fourth-order valence-corrected chi connectivity index (χ4v) is 9.95. The van der Waals surface area contributed by atoms with Crippen LogP contribution in [-0.4, -0.2) is 14.2 Å². The van der Waals surface area contributed by atoms with E-state index in [0.29, 0.717) is 0 Å². The third kappa shape index (κ3) is 5.91. The van der Waals surface area contributed by atoms with Gasteiger partial charge in [-0.25, -0.2) is 0 Å². The molecule has 0 fully saturated rings. The van der Waals surface area contributed by atoms with E-state index in [1.165, 1.54) is 21.5 Å². The summed E-state index contributed by atoms with van der Waals surface area (Å²) in [6.45, 7) is 0. The molecule has 0 saturated heterocycles. The van der Waals surface area contributed by atoms with Crippen LogP contribution in [0.15, 0.2) is 164 Å². The molecule has 0 bridgehead atoms. The maximum absolute atomic E-state index is 5.43. The van der Waals surface area contributed by atoms with Crippen molar-refractivity contribution in [3.8, 4) is 11.5 Å². The van der Waals surface area contributed by atoms with E-state index in [-0.39, 0.29) is 0 Å². The van der Waals surface area contributed by atoms with Crippen molar-refractivity contribution >= 4 is 40.2 Å². The van der Waals surface area contributed by atoms with Gasteiger partial charge in [0.1, 0.15) is 34.7 Å². The molecule has 43 heavy (non-hydrogen) atoms. The van der Waals surface area contributed by atoms with Gasteiger partial charge < -0.3 is 14.4 Å². The fraction of sp³-hybridized carbons (Fsp3) is 0.0769. The Kier molecular flexibility index (Phi) is 8.54. The number of anilines is 3. The van der Waals surface area contributed by atoms with Gasteiger partial charge in [-0.1, -0.05) is 66.7 Å². The third-order valence-corrected chi connectivity index (χ3v) is 12.2. The smallest absolute Gasteiger partial charge is 0.119 e. The second-order valence-electron chi connectivity index (χ2n) is 10.4. The van der Waals surface area contributed by atoms with Crippen LogP contribution in [0.3, 0.4) is 0 Å². The highest BCUT2D eigenvalue weighted by Gasteiger charge is 2.45. The summed E-state index contributed by atoms with van der Waals surface area (Å²) >= 11 is 0. The molecule has 6 aromatic carbocycles. The monoisotopic (exact) mass is 580 g/mol. The number of hydrogen-bond acceptors (Lipinski definition) is 3. The Morgan fingerprint density at radius 2 is 0.744 bits per heavy atom. The van der Waals surface area contributed by atoms with Crippen molar-refractivity contribution in [3.63, 3.8) is 0 Å². The van der Waals surface area contributed by atoms with Crippen molar-refractivity contribution in [2.24, 2.45) is 0 Å². The van der Waals surface area contributed by atoms with E-state index >= 15 is 0 Å². The van der Waals surface area contributed by atoms with Gasteiger partial charge in [0.25, 0.3) is 0 Å². The van der Waals surface area contributed by atoms with E-state index in [4.69, 9.17) is 9.47 Å². The van der Waals surface area contributed by atoms with Crippen molar-refractivity contribution in [2.75, 3.05) is 19.1 Å². The number of nitrogens with zero attached hydrogens (tertiary/aromatic N) is 1. The first-order valence-corrected chi connectivity index (χ1v) is 16.4. The summed E-state index contributed by atoms with van der Waals surface area (Å²) in [5, 5.41) is 4.15. The van der Waals surface area contributed by atoms with Crippen molar-refractivity contribution < 1.29 is 9.47 Å². The van der Waals surface area contributed by atoms with E-state index in [9.17, 15) is 0 Å². The third-order valence-electron chi connectivity index (χ3n) is 7.87. The summed E-state index contributed by atoms with van der Waals surface area (Å²) in [6.07, 6.45) is 0.927. The van der Waals surface area contributed by atoms with Crippen molar-refractivity contribution in [1.29, 1.82) is 0 Å². The topological polar surface area (TPSA) is 21.7 Å². The molecule has 0 unspecified atom stereocenters. The molecule has 0 N–H and O–H groups in total. The largest absolute Gasteiger partial charge is 0.497 e. The molecule has 212 valence electrons. The quantitative estimate of drug-likeness (QED) is 0.151. The minimum absolute atomic E-state index is 0.830.